The average molecular weight is 460 g/mol. The Labute approximate surface area is 175 Å². The molecule has 2 amide bonds. The first-order valence-electron chi connectivity index (χ1n) is 8.40. The third-order valence-electron chi connectivity index (χ3n) is 3.67. The fraction of sp³-hybridized carbons (Fsp3) is 0.158. The first-order chi connectivity index (χ1) is 13.5. The van der Waals surface area contributed by atoms with E-state index in [9.17, 15) is 9.59 Å². The summed E-state index contributed by atoms with van der Waals surface area (Å²) >= 11 is 4.65. The Morgan fingerprint density at radius 2 is 1.89 bits per heavy atom. The molecule has 3 rings (SSSR count). The molecule has 0 saturated carbocycles. The van der Waals surface area contributed by atoms with E-state index in [0.29, 0.717) is 11.4 Å². The summed E-state index contributed by atoms with van der Waals surface area (Å²) in [5.74, 6) is 0.00216. The molecule has 0 spiro atoms. The Hall–Kier alpha value is -2.65. The van der Waals surface area contributed by atoms with Gasteiger partial charge < -0.3 is 10.6 Å². The lowest BCUT2D eigenvalue weighted by atomic mass is 10.2. The number of halogens is 1. The lowest BCUT2D eigenvalue weighted by molar-refractivity contribution is -0.114. The number of amides is 2. The van der Waals surface area contributed by atoms with Crippen LogP contribution in [0.2, 0.25) is 0 Å². The van der Waals surface area contributed by atoms with Crippen molar-refractivity contribution >= 4 is 50.9 Å². The van der Waals surface area contributed by atoms with Crippen LogP contribution in [0.25, 0.3) is 5.69 Å². The Balaban J connectivity index is 1.52. The molecule has 3 aromatic rings. The molecule has 1 heterocycles. The first-order valence-corrected chi connectivity index (χ1v) is 10.3. The van der Waals surface area contributed by atoms with Gasteiger partial charge in [-0.15, -0.1) is 11.8 Å². The van der Waals surface area contributed by atoms with Gasteiger partial charge in [0.1, 0.15) is 12.7 Å². The van der Waals surface area contributed by atoms with E-state index in [0.717, 1.165) is 15.7 Å². The van der Waals surface area contributed by atoms with E-state index in [-0.39, 0.29) is 23.3 Å². The fourth-order valence-corrected chi connectivity index (χ4v) is 3.46. The van der Waals surface area contributed by atoms with E-state index in [2.05, 4.69) is 36.6 Å². The zero-order chi connectivity index (χ0) is 19.9. The molecule has 0 radical (unpaired) electrons. The maximum Gasteiger partial charge on any atom is 0.234 e. The Morgan fingerprint density at radius 3 is 2.61 bits per heavy atom. The minimum absolute atomic E-state index is 0.144. The van der Waals surface area contributed by atoms with Gasteiger partial charge >= 0.3 is 0 Å². The van der Waals surface area contributed by atoms with Crippen LogP contribution in [-0.4, -0.2) is 38.1 Å². The zero-order valence-electron chi connectivity index (χ0n) is 15.1. The predicted octanol–water partition coefficient (Wildman–Crippen LogP) is 3.65. The Kier molecular flexibility index (Phi) is 6.83. The number of rotatable bonds is 7. The Bertz CT molecular complexity index is 978. The third-order valence-corrected chi connectivity index (χ3v) is 5.09. The minimum atomic E-state index is -0.201. The second-order valence-corrected chi connectivity index (χ2v) is 7.86. The van der Waals surface area contributed by atoms with E-state index < -0.39 is 0 Å². The highest BCUT2D eigenvalue weighted by atomic mass is 79.9. The smallest absolute Gasteiger partial charge is 0.234 e. The monoisotopic (exact) mass is 459 g/mol. The number of benzene rings is 2. The molecule has 28 heavy (non-hydrogen) atoms. The maximum absolute atomic E-state index is 12.3. The number of carbonyl (C=O) groups is 2. The van der Waals surface area contributed by atoms with Crippen LogP contribution < -0.4 is 10.6 Å². The van der Waals surface area contributed by atoms with Crippen molar-refractivity contribution in [3.63, 3.8) is 0 Å². The van der Waals surface area contributed by atoms with Gasteiger partial charge in [0.05, 0.1) is 22.9 Å². The number of nitrogens with one attached hydrogen (secondary N) is 2. The molecule has 1 aromatic heterocycles. The van der Waals surface area contributed by atoms with Crippen LogP contribution in [0.5, 0.6) is 0 Å². The topological polar surface area (TPSA) is 88.9 Å². The van der Waals surface area contributed by atoms with E-state index >= 15 is 0 Å². The van der Waals surface area contributed by atoms with Gasteiger partial charge in [-0.05, 0) is 42.8 Å². The normalized spacial score (nSPS) is 10.5. The lowest BCUT2D eigenvalue weighted by Gasteiger charge is -2.11. The van der Waals surface area contributed by atoms with Gasteiger partial charge in [0.15, 0.2) is 0 Å². The first kappa shape index (κ1) is 20.1. The second kappa shape index (κ2) is 9.52. The Morgan fingerprint density at radius 1 is 1.11 bits per heavy atom. The highest BCUT2D eigenvalue weighted by molar-refractivity contribution is 9.10. The molecule has 0 fully saturated rings. The van der Waals surface area contributed by atoms with Gasteiger partial charge in [-0.3, -0.25) is 9.59 Å². The average Bonchev–Trinajstić information content (AvgIpc) is 3.16. The summed E-state index contributed by atoms with van der Waals surface area (Å²) < 4.78 is 2.40. The summed E-state index contributed by atoms with van der Waals surface area (Å²) in [7, 11) is 0. The maximum atomic E-state index is 12.3. The van der Waals surface area contributed by atoms with Crippen LogP contribution in [0, 0.1) is 6.92 Å². The van der Waals surface area contributed by atoms with Crippen molar-refractivity contribution in [3.8, 4) is 5.69 Å². The highest BCUT2D eigenvalue weighted by Crippen LogP contribution is 2.24. The summed E-state index contributed by atoms with van der Waals surface area (Å²) in [5.41, 5.74) is 3.13. The summed E-state index contributed by atoms with van der Waals surface area (Å²) in [6, 6.07) is 13.1. The highest BCUT2D eigenvalue weighted by Gasteiger charge is 2.11. The molecular formula is C19H18BrN5O2S. The van der Waals surface area contributed by atoms with Crippen LogP contribution in [-0.2, 0) is 9.59 Å². The molecule has 0 aliphatic carbocycles. The molecule has 2 N–H and O–H groups in total. The van der Waals surface area contributed by atoms with Crippen molar-refractivity contribution in [2.45, 2.75) is 6.92 Å². The van der Waals surface area contributed by atoms with Crippen molar-refractivity contribution in [3.05, 3.63) is 65.2 Å². The van der Waals surface area contributed by atoms with Crippen LogP contribution in [0.3, 0.4) is 0 Å². The van der Waals surface area contributed by atoms with Gasteiger partial charge in [0.2, 0.25) is 11.8 Å². The van der Waals surface area contributed by atoms with Crippen LogP contribution in [0.1, 0.15) is 5.56 Å². The van der Waals surface area contributed by atoms with Crippen molar-refractivity contribution in [1.82, 2.24) is 14.8 Å². The number of hydrogen-bond donors (Lipinski definition) is 2. The minimum Gasteiger partial charge on any atom is -0.325 e. The third kappa shape index (κ3) is 5.67. The van der Waals surface area contributed by atoms with Gasteiger partial charge in [-0.2, -0.15) is 5.10 Å². The molecule has 9 heteroatoms. The van der Waals surface area contributed by atoms with E-state index in [1.165, 1.54) is 18.1 Å². The molecule has 7 nitrogen and oxygen atoms in total. The molecule has 0 aliphatic rings. The zero-order valence-corrected chi connectivity index (χ0v) is 17.5. The fourth-order valence-electron chi connectivity index (χ4n) is 2.48. The number of thioether (sulfide) groups is 1. The predicted molar refractivity (Wildman–Crippen MR) is 115 cm³/mol. The standard InChI is InChI=1S/C19H18BrN5O2S/c1-13-3-2-4-15(7-13)23-18(26)9-28-10-19(27)24-16-8-14(20)5-6-17(16)25-12-21-11-22-25/h2-8,11-12H,9-10H2,1H3,(H,23,26)(H,24,27). The number of anilines is 2. The number of aryl methyl sites for hydroxylation is 1. The number of nitrogens with zero attached hydrogens (tertiary/aromatic N) is 3. The quantitative estimate of drug-likeness (QED) is 0.562. The van der Waals surface area contributed by atoms with E-state index in [4.69, 9.17) is 0 Å². The molecular weight excluding hydrogens is 442 g/mol. The van der Waals surface area contributed by atoms with Gasteiger partial charge in [0.25, 0.3) is 0 Å². The molecule has 0 bridgehead atoms. The molecule has 0 aliphatic heterocycles. The summed E-state index contributed by atoms with van der Waals surface area (Å²) in [4.78, 5) is 28.3. The lowest BCUT2D eigenvalue weighted by Crippen LogP contribution is -2.19. The SMILES string of the molecule is Cc1cccc(NC(=O)CSCC(=O)Nc2cc(Br)ccc2-n2cncn2)c1. The van der Waals surface area contributed by atoms with Crippen LogP contribution in [0.4, 0.5) is 11.4 Å². The summed E-state index contributed by atoms with van der Waals surface area (Å²) in [5, 5.41) is 9.78. The number of aromatic nitrogens is 3. The number of carbonyl (C=O) groups excluding carboxylic acids is 2. The molecule has 0 atom stereocenters. The van der Waals surface area contributed by atoms with Crippen molar-refractivity contribution < 1.29 is 9.59 Å². The second-order valence-electron chi connectivity index (χ2n) is 5.96. The van der Waals surface area contributed by atoms with Gasteiger partial charge in [0, 0.05) is 10.2 Å². The summed E-state index contributed by atoms with van der Waals surface area (Å²) in [6.07, 6.45) is 2.99. The van der Waals surface area contributed by atoms with Crippen LogP contribution >= 0.6 is 27.7 Å². The van der Waals surface area contributed by atoms with Gasteiger partial charge in [-0.25, -0.2) is 9.67 Å². The van der Waals surface area contributed by atoms with Crippen molar-refractivity contribution in [2.75, 3.05) is 22.1 Å². The molecule has 0 saturated heterocycles. The van der Waals surface area contributed by atoms with Crippen LogP contribution in [0.15, 0.2) is 59.6 Å². The van der Waals surface area contributed by atoms with Crippen molar-refractivity contribution in [2.24, 2.45) is 0 Å². The van der Waals surface area contributed by atoms with Gasteiger partial charge in [-0.1, -0.05) is 28.1 Å². The van der Waals surface area contributed by atoms with Crippen molar-refractivity contribution in [1.29, 1.82) is 0 Å². The number of hydrogen-bond acceptors (Lipinski definition) is 5. The molecule has 0 unspecified atom stereocenters. The molecule has 2 aromatic carbocycles. The van der Waals surface area contributed by atoms with E-state index in [1.54, 1.807) is 17.1 Å². The summed E-state index contributed by atoms with van der Waals surface area (Å²) in [6.45, 7) is 1.96. The largest absolute Gasteiger partial charge is 0.325 e. The van der Waals surface area contributed by atoms with E-state index in [1.807, 2.05) is 43.3 Å². The molecule has 144 valence electrons.